The molecule has 0 amide bonds. The van der Waals surface area contributed by atoms with E-state index < -0.39 is 0 Å². The van der Waals surface area contributed by atoms with Crippen molar-refractivity contribution in [3.63, 3.8) is 0 Å². The standard InChI is InChI=1S/C29H38O7/c1-31-24-12-10-19(15-26(24)33-3)14-22-17-35-28(21-11-13-25(32-2)27(16-21)34-4)23(22)18-36-29(30)20-8-6-5-7-9-20/h10-13,15-16,20,22-23,28H,5-9,14,17-18H2,1-4H3/t22-,23-,28+/m0/s1. The van der Waals surface area contributed by atoms with Gasteiger partial charge in [-0.3, -0.25) is 4.79 Å². The summed E-state index contributed by atoms with van der Waals surface area (Å²) in [6.07, 6.45) is 5.81. The summed E-state index contributed by atoms with van der Waals surface area (Å²) in [6, 6.07) is 11.8. The fourth-order valence-corrected chi connectivity index (χ4v) is 5.47. The van der Waals surface area contributed by atoms with Crippen LogP contribution in [-0.2, 0) is 20.7 Å². The van der Waals surface area contributed by atoms with Crippen LogP contribution in [0.4, 0.5) is 0 Å². The molecule has 1 aliphatic carbocycles. The number of hydrogen-bond acceptors (Lipinski definition) is 7. The predicted molar refractivity (Wildman–Crippen MR) is 136 cm³/mol. The van der Waals surface area contributed by atoms with Crippen molar-refractivity contribution < 1.29 is 33.2 Å². The van der Waals surface area contributed by atoms with Gasteiger partial charge in [-0.2, -0.15) is 0 Å². The van der Waals surface area contributed by atoms with Gasteiger partial charge < -0.3 is 28.4 Å². The molecular weight excluding hydrogens is 460 g/mol. The van der Waals surface area contributed by atoms with Gasteiger partial charge in [-0.1, -0.05) is 31.4 Å². The van der Waals surface area contributed by atoms with Gasteiger partial charge in [0.2, 0.25) is 0 Å². The summed E-state index contributed by atoms with van der Waals surface area (Å²) >= 11 is 0. The summed E-state index contributed by atoms with van der Waals surface area (Å²) in [5.74, 6) is 2.84. The van der Waals surface area contributed by atoms with Gasteiger partial charge in [-0.05, 0) is 60.6 Å². The van der Waals surface area contributed by atoms with Crippen molar-refractivity contribution >= 4 is 5.97 Å². The Kier molecular flexibility index (Phi) is 8.97. The van der Waals surface area contributed by atoms with E-state index in [-0.39, 0.29) is 29.8 Å². The fraction of sp³-hybridized carbons (Fsp3) is 0.552. The van der Waals surface area contributed by atoms with Crippen LogP contribution in [-0.4, -0.2) is 47.6 Å². The lowest BCUT2D eigenvalue weighted by Gasteiger charge is -2.26. The Morgan fingerprint density at radius 2 is 1.47 bits per heavy atom. The molecule has 0 aromatic heterocycles. The van der Waals surface area contributed by atoms with E-state index in [4.69, 9.17) is 28.4 Å². The third-order valence-electron chi connectivity index (χ3n) is 7.52. The average molecular weight is 499 g/mol. The first-order chi connectivity index (χ1) is 17.6. The minimum atomic E-state index is -0.214. The maximum Gasteiger partial charge on any atom is 0.308 e. The lowest BCUT2D eigenvalue weighted by molar-refractivity contribution is -0.152. The first-order valence-electron chi connectivity index (χ1n) is 12.8. The second-order valence-corrected chi connectivity index (χ2v) is 9.65. The molecule has 0 bridgehead atoms. The van der Waals surface area contributed by atoms with Crippen LogP contribution in [0.15, 0.2) is 36.4 Å². The lowest BCUT2D eigenvalue weighted by Crippen LogP contribution is -2.27. The quantitative estimate of drug-likeness (QED) is 0.407. The number of carbonyl (C=O) groups excluding carboxylic acids is 1. The van der Waals surface area contributed by atoms with Crippen molar-refractivity contribution in [2.45, 2.75) is 44.6 Å². The molecule has 7 nitrogen and oxygen atoms in total. The van der Waals surface area contributed by atoms with Crippen molar-refractivity contribution in [2.75, 3.05) is 41.7 Å². The van der Waals surface area contributed by atoms with Gasteiger partial charge in [0.25, 0.3) is 0 Å². The van der Waals surface area contributed by atoms with Crippen LogP contribution in [0.2, 0.25) is 0 Å². The highest BCUT2D eigenvalue weighted by Gasteiger charge is 2.40. The molecule has 1 saturated heterocycles. The first kappa shape index (κ1) is 26.1. The molecule has 0 radical (unpaired) electrons. The summed E-state index contributed by atoms with van der Waals surface area (Å²) in [5.41, 5.74) is 2.11. The Bertz CT molecular complexity index is 1010. The highest BCUT2D eigenvalue weighted by Crippen LogP contribution is 2.43. The summed E-state index contributed by atoms with van der Waals surface area (Å²) in [5, 5.41) is 0. The number of hydrogen-bond donors (Lipinski definition) is 0. The number of esters is 1. The lowest BCUT2D eigenvalue weighted by atomic mass is 9.84. The Morgan fingerprint density at radius 1 is 0.833 bits per heavy atom. The van der Waals surface area contributed by atoms with Crippen LogP contribution < -0.4 is 18.9 Å². The molecule has 1 heterocycles. The van der Waals surface area contributed by atoms with E-state index in [9.17, 15) is 4.79 Å². The van der Waals surface area contributed by atoms with Crippen LogP contribution in [0.1, 0.15) is 49.3 Å². The Hall–Kier alpha value is -2.93. The summed E-state index contributed by atoms with van der Waals surface area (Å²) in [6.45, 7) is 0.894. The van der Waals surface area contributed by atoms with E-state index in [2.05, 4.69) is 6.07 Å². The van der Waals surface area contributed by atoms with Crippen LogP contribution >= 0.6 is 0 Å². The highest BCUT2D eigenvalue weighted by molar-refractivity contribution is 5.72. The smallest absolute Gasteiger partial charge is 0.308 e. The molecule has 0 N–H and O–H groups in total. The van der Waals surface area contributed by atoms with Crippen molar-refractivity contribution in [3.8, 4) is 23.0 Å². The fourth-order valence-electron chi connectivity index (χ4n) is 5.47. The molecule has 3 atom stereocenters. The largest absolute Gasteiger partial charge is 0.493 e. The van der Waals surface area contributed by atoms with Gasteiger partial charge in [-0.25, -0.2) is 0 Å². The van der Waals surface area contributed by atoms with E-state index in [1.165, 1.54) is 6.42 Å². The van der Waals surface area contributed by atoms with E-state index in [0.29, 0.717) is 36.2 Å². The van der Waals surface area contributed by atoms with Crippen molar-refractivity contribution in [1.29, 1.82) is 0 Å². The zero-order valence-electron chi connectivity index (χ0n) is 21.8. The van der Waals surface area contributed by atoms with E-state index in [1.807, 2.05) is 30.3 Å². The molecule has 1 saturated carbocycles. The number of benzene rings is 2. The Balaban J connectivity index is 1.55. The SMILES string of the molecule is COc1ccc(C[C@H]2CO[C@H](c3ccc(OC)c(OC)c3)[C@H]2COC(=O)C2CCCCC2)cc1OC. The van der Waals surface area contributed by atoms with Crippen molar-refractivity contribution in [2.24, 2.45) is 17.8 Å². The minimum Gasteiger partial charge on any atom is -0.493 e. The van der Waals surface area contributed by atoms with Crippen molar-refractivity contribution in [3.05, 3.63) is 47.5 Å². The van der Waals surface area contributed by atoms with Gasteiger partial charge >= 0.3 is 5.97 Å². The average Bonchev–Trinajstić information content (AvgIpc) is 3.33. The molecule has 0 unspecified atom stereocenters. The molecule has 36 heavy (non-hydrogen) atoms. The highest BCUT2D eigenvalue weighted by atomic mass is 16.5. The molecule has 2 fully saturated rings. The second-order valence-electron chi connectivity index (χ2n) is 9.65. The normalized spacial score (nSPS) is 22.2. The molecular formula is C29H38O7. The maximum absolute atomic E-state index is 12.9. The summed E-state index contributed by atoms with van der Waals surface area (Å²) in [4.78, 5) is 12.9. The van der Waals surface area contributed by atoms with Crippen LogP contribution in [0.5, 0.6) is 23.0 Å². The predicted octanol–water partition coefficient (Wildman–Crippen LogP) is 5.39. The zero-order chi connectivity index (χ0) is 25.5. The van der Waals surface area contributed by atoms with Gasteiger partial charge in [0, 0.05) is 5.92 Å². The Morgan fingerprint density at radius 3 is 2.14 bits per heavy atom. The molecule has 7 heteroatoms. The number of carbonyl (C=O) groups is 1. The molecule has 2 aliphatic rings. The third kappa shape index (κ3) is 5.89. The first-order valence-corrected chi connectivity index (χ1v) is 12.8. The van der Waals surface area contributed by atoms with Gasteiger partial charge in [-0.15, -0.1) is 0 Å². The maximum atomic E-state index is 12.9. The molecule has 1 aliphatic heterocycles. The number of rotatable bonds is 10. The number of methoxy groups -OCH3 is 4. The number of ether oxygens (including phenoxy) is 6. The van der Waals surface area contributed by atoms with E-state index >= 15 is 0 Å². The van der Waals surface area contributed by atoms with Crippen LogP contribution in [0.25, 0.3) is 0 Å². The molecule has 0 spiro atoms. The van der Waals surface area contributed by atoms with Crippen LogP contribution in [0, 0.1) is 17.8 Å². The van der Waals surface area contributed by atoms with Crippen LogP contribution in [0.3, 0.4) is 0 Å². The molecule has 196 valence electrons. The zero-order valence-corrected chi connectivity index (χ0v) is 21.8. The van der Waals surface area contributed by atoms with Gasteiger partial charge in [0.15, 0.2) is 23.0 Å². The van der Waals surface area contributed by atoms with Gasteiger partial charge in [0.05, 0.1) is 53.7 Å². The van der Waals surface area contributed by atoms with E-state index in [0.717, 1.165) is 43.2 Å². The summed E-state index contributed by atoms with van der Waals surface area (Å²) in [7, 11) is 6.52. The molecule has 2 aromatic carbocycles. The van der Waals surface area contributed by atoms with E-state index in [1.54, 1.807) is 28.4 Å². The van der Waals surface area contributed by atoms with Gasteiger partial charge in [0.1, 0.15) is 0 Å². The van der Waals surface area contributed by atoms with Crippen molar-refractivity contribution in [1.82, 2.24) is 0 Å². The molecule has 4 rings (SSSR count). The monoisotopic (exact) mass is 498 g/mol. The molecule has 2 aromatic rings. The minimum absolute atomic E-state index is 0.00346. The summed E-state index contributed by atoms with van der Waals surface area (Å²) < 4.78 is 34.1. The topological polar surface area (TPSA) is 72.5 Å². The Labute approximate surface area is 214 Å². The third-order valence-corrected chi connectivity index (χ3v) is 7.52. The second kappa shape index (κ2) is 12.3.